The Kier molecular flexibility index (Phi) is 7.64. The minimum absolute atomic E-state index is 0.229. The molecule has 0 radical (unpaired) electrons. The van der Waals surface area contributed by atoms with E-state index in [9.17, 15) is 0 Å². The Hall–Kier alpha value is -3.21. The number of aromatic nitrogens is 3. The molecule has 10 nitrogen and oxygen atoms in total. The lowest BCUT2D eigenvalue weighted by Crippen LogP contribution is -2.45. The number of rotatable bonds is 9. The smallest absolute Gasteiger partial charge is 0.223 e. The maximum absolute atomic E-state index is 5.49. The van der Waals surface area contributed by atoms with Gasteiger partial charge in [-0.2, -0.15) is 0 Å². The van der Waals surface area contributed by atoms with Gasteiger partial charge in [-0.25, -0.2) is 15.0 Å². The van der Waals surface area contributed by atoms with Crippen molar-refractivity contribution in [3.8, 4) is 22.8 Å². The van der Waals surface area contributed by atoms with Crippen molar-refractivity contribution in [3.63, 3.8) is 0 Å². The monoisotopic (exact) mass is 493 g/mol. The highest BCUT2D eigenvalue weighted by molar-refractivity contribution is 5.91. The molecule has 192 valence electrons. The standard InChI is InChI=1S/C26H35N7O3/c1-32-7-9-33(10-8-32)6-5-27-25-24-19(16-28-26(31-24)29-20-4-11-36-17-20)14-23(30-25)18-12-21(34-2)15-22(13-18)35-3/h12-16,20H,4-11,17H2,1-3H3,(H,27,30)(H,28,29,31). The van der Waals surface area contributed by atoms with Crippen LogP contribution in [0.3, 0.4) is 0 Å². The van der Waals surface area contributed by atoms with Crippen molar-refractivity contribution in [1.82, 2.24) is 24.8 Å². The van der Waals surface area contributed by atoms with E-state index in [0.717, 1.165) is 80.3 Å². The van der Waals surface area contributed by atoms with E-state index in [1.165, 1.54) is 0 Å². The van der Waals surface area contributed by atoms with Crippen LogP contribution in [0.2, 0.25) is 0 Å². The predicted molar refractivity (Wildman–Crippen MR) is 141 cm³/mol. The third-order valence-electron chi connectivity index (χ3n) is 6.79. The van der Waals surface area contributed by atoms with Crippen LogP contribution in [0.15, 0.2) is 30.5 Å². The molecule has 10 heteroatoms. The van der Waals surface area contributed by atoms with E-state index in [1.54, 1.807) is 14.2 Å². The van der Waals surface area contributed by atoms with Gasteiger partial charge in [-0.15, -0.1) is 0 Å². The Morgan fingerprint density at radius 3 is 2.50 bits per heavy atom. The fourth-order valence-electron chi connectivity index (χ4n) is 4.57. The van der Waals surface area contributed by atoms with E-state index in [1.807, 2.05) is 30.5 Å². The highest BCUT2D eigenvalue weighted by atomic mass is 16.5. The summed E-state index contributed by atoms with van der Waals surface area (Å²) in [5.41, 5.74) is 2.50. The van der Waals surface area contributed by atoms with Crippen LogP contribution in [-0.4, -0.2) is 105 Å². The lowest BCUT2D eigenvalue weighted by molar-refractivity contribution is 0.158. The van der Waals surface area contributed by atoms with Gasteiger partial charge in [0.05, 0.1) is 32.6 Å². The number of anilines is 2. The third-order valence-corrected chi connectivity index (χ3v) is 6.79. The topological polar surface area (TPSA) is 96.9 Å². The van der Waals surface area contributed by atoms with E-state index in [4.69, 9.17) is 24.2 Å². The Morgan fingerprint density at radius 2 is 1.81 bits per heavy atom. The zero-order chi connectivity index (χ0) is 24.9. The Bertz CT molecular complexity index is 1160. The third kappa shape index (κ3) is 5.77. The molecule has 0 saturated carbocycles. The minimum atomic E-state index is 0.229. The SMILES string of the molecule is COc1cc(OC)cc(-c2cc3cnc(NC4CCOC4)nc3c(NCCN3CCN(C)CC3)n2)c1. The molecule has 2 aromatic heterocycles. The van der Waals surface area contributed by atoms with Gasteiger partial charge in [0.1, 0.15) is 17.0 Å². The normalized spacial score (nSPS) is 18.9. The summed E-state index contributed by atoms with van der Waals surface area (Å²) in [6, 6.07) is 8.02. The number of nitrogens with zero attached hydrogens (tertiary/aromatic N) is 5. The van der Waals surface area contributed by atoms with Gasteiger partial charge in [-0.1, -0.05) is 0 Å². The predicted octanol–water partition coefficient (Wildman–Crippen LogP) is 2.57. The van der Waals surface area contributed by atoms with Crippen LogP contribution in [0, 0.1) is 0 Å². The molecule has 0 aliphatic carbocycles. The minimum Gasteiger partial charge on any atom is -0.497 e. The summed E-state index contributed by atoms with van der Waals surface area (Å²) in [5, 5.41) is 7.88. The van der Waals surface area contributed by atoms with Crippen molar-refractivity contribution in [2.45, 2.75) is 12.5 Å². The van der Waals surface area contributed by atoms with E-state index in [2.05, 4.69) is 32.5 Å². The van der Waals surface area contributed by atoms with Gasteiger partial charge in [0.15, 0.2) is 5.82 Å². The molecule has 2 aliphatic rings. The van der Waals surface area contributed by atoms with Crippen LogP contribution in [0.4, 0.5) is 11.8 Å². The lowest BCUT2D eigenvalue weighted by Gasteiger charge is -2.32. The van der Waals surface area contributed by atoms with Crippen LogP contribution in [-0.2, 0) is 4.74 Å². The number of likely N-dealkylation sites (N-methyl/N-ethyl adjacent to an activating group) is 1. The number of nitrogens with one attached hydrogen (secondary N) is 2. The number of methoxy groups -OCH3 is 2. The molecule has 2 N–H and O–H groups in total. The number of piperazine rings is 1. The molecule has 1 unspecified atom stereocenters. The second-order valence-corrected chi connectivity index (χ2v) is 9.37. The van der Waals surface area contributed by atoms with Crippen molar-refractivity contribution in [2.24, 2.45) is 0 Å². The number of benzene rings is 1. The molecule has 2 aliphatic heterocycles. The first-order valence-corrected chi connectivity index (χ1v) is 12.5. The van der Waals surface area contributed by atoms with E-state index in [-0.39, 0.29) is 6.04 Å². The van der Waals surface area contributed by atoms with Crippen molar-refractivity contribution in [1.29, 1.82) is 0 Å². The molecule has 2 saturated heterocycles. The van der Waals surface area contributed by atoms with Crippen LogP contribution < -0.4 is 20.1 Å². The Morgan fingerprint density at radius 1 is 1.03 bits per heavy atom. The van der Waals surface area contributed by atoms with Gasteiger partial charge >= 0.3 is 0 Å². The van der Waals surface area contributed by atoms with E-state index >= 15 is 0 Å². The Labute approximate surface area is 212 Å². The number of hydrogen-bond acceptors (Lipinski definition) is 10. The van der Waals surface area contributed by atoms with Crippen molar-refractivity contribution < 1.29 is 14.2 Å². The van der Waals surface area contributed by atoms with Crippen molar-refractivity contribution in [3.05, 3.63) is 30.5 Å². The summed E-state index contributed by atoms with van der Waals surface area (Å²) in [5.74, 6) is 2.76. The van der Waals surface area contributed by atoms with Gasteiger partial charge in [0, 0.05) is 69.1 Å². The molecular formula is C26H35N7O3. The second kappa shape index (κ2) is 11.2. The average molecular weight is 494 g/mol. The fraction of sp³-hybridized carbons (Fsp3) is 0.500. The zero-order valence-electron chi connectivity index (χ0n) is 21.3. The first-order chi connectivity index (χ1) is 17.6. The second-order valence-electron chi connectivity index (χ2n) is 9.37. The van der Waals surface area contributed by atoms with Gasteiger partial charge in [-0.05, 0) is 31.7 Å². The number of ether oxygens (including phenoxy) is 3. The summed E-state index contributed by atoms with van der Waals surface area (Å²) in [6.07, 6.45) is 2.81. The maximum atomic E-state index is 5.49. The van der Waals surface area contributed by atoms with Gasteiger partial charge in [0.25, 0.3) is 0 Å². The Balaban J connectivity index is 1.45. The molecule has 4 heterocycles. The fourth-order valence-corrected chi connectivity index (χ4v) is 4.57. The first kappa shape index (κ1) is 24.5. The molecule has 2 fully saturated rings. The molecule has 0 bridgehead atoms. The summed E-state index contributed by atoms with van der Waals surface area (Å²) in [6.45, 7) is 7.52. The zero-order valence-corrected chi connectivity index (χ0v) is 21.3. The molecule has 1 aromatic carbocycles. The van der Waals surface area contributed by atoms with Crippen LogP contribution in [0.5, 0.6) is 11.5 Å². The number of fused-ring (bicyclic) bond motifs is 1. The lowest BCUT2D eigenvalue weighted by atomic mass is 10.1. The van der Waals surface area contributed by atoms with Crippen molar-refractivity contribution >= 4 is 22.7 Å². The first-order valence-electron chi connectivity index (χ1n) is 12.5. The molecule has 3 aromatic rings. The van der Waals surface area contributed by atoms with Crippen molar-refractivity contribution in [2.75, 3.05) is 84.4 Å². The van der Waals surface area contributed by atoms with Gasteiger partial charge in [-0.3, -0.25) is 4.90 Å². The molecular weight excluding hydrogens is 458 g/mol. The van der Waals surface area contributed by atoms with Crippen LogP contribution in [0.25, 0.3) is 22.2 Å². The quantitative estimate of drug-likeness (QED) is 0.463. The van der Waals surface area contributed by atoms with Gasteiger partial charge in [0.2, 0.25) is 5.95 Å². The molecule has 36 heavy (non-hydrogen) atoms. The largest absolute Gasteiger partial charge is 0.497 e. The van der Waals surface area contributed by atoms with E-state index in [0.29, 0.717) is 24.1 Å². The summed E-state index contributed by atoms with van der Waals surface area (Å²) in [4.78, 5) is 19.3. The van der Waals surface area contributed by atoms with E-state index < -0.39 is 0 Å². The molecule has 1 atom stereocenters. The molecule has 5 rings (SSSR count). The highest BCUT2D eigenvalue weighted by Crippen LogP contribution is 2.32. The summed E-state index contributed by atoms with van der Waals surface area (Å²) >= 11 is 0. The molecule has 0 amide bonds. The molecule has 0 spiro atoms. The number of hydrogen-bond donors (Lipinski definition) is 2. The van der Waals surface area contributed by atoms with Crippen LogP contribution >= 0.6 is 0 Å². The van der Waals surface area contributed by atoms with Crippen LogP contribution in [0.1, 0.15) is 6.42 Å². The van der Waals surface area contributed by atoms with Gasteiger partial charge < -0.3 is 29.7 Å². The highest BCUT2D eigenvalue weighted by Gasteiger charge is 2.18. The maximum Gasteiger partial charge on any atom is 0.223 e. The summed E-state index contributed by atoms with van der Waals surface area (Å²) < 4.78 is 16.4. The summed E-state index contributed by atoms with van der Waals surface area (Å²) in [7, 11) is 5.47. The number of pyridine rings is 1. The average Bonchev–Trinajstić information content (AvgIpc) is 3.42.